The van der Waals surface area contributed by atoms with Crippen molar-refractivity contribution in [2.45, 2.75) is 65.5 Å². The molecule has 1 aliphatic carbocycles. The smallest absolute Gasteiger partial charge is 0.0682 e. The summed E-state index contributed by atoms with van der Waals surface area (Å²) in [6.45, 7) is 5.52. The SMILES string of the molecule is Cc1ccc(CCn2c3c(c4cc(CO)ccc42)CC(C)CCCC3)cn1. The van der Waals surface area contributed by atoms with Crippen LogP contribution in [0.25, 0.3) is 10.9 Å². The van der Waals surface area contributed by atoms with Crippen LogP contribution >= 0.6 is 0 Å². The Bertz CT molecular complexity index is 924. The first-order chi connectivity index (χ1) is 13.2. The lowest BCUT2D eigenvalue weighted by molar-refractivity contribution is 0.282. The zero-order valence-electron chi connectivity index (χ0n) is 16.5. The minimum Gasteiger partial charge on any atom is -0.392 e. The van der Waals surface area contributed by atoms with Gasteiger partial charge in [0.1, 0.15) is 0 Å². The van der Waals surface area contributed by atoms with Crippen molar-refractivity contribution in [3.05, 3.63) is 64.6 Å². The molecule has 3 heteroatoms. The van der Waals surface area contributed by atoms with Gasteiger partial charge in [0.05, 0.1) is 6.61 Å². The van der Waals surface area contributed by atoms with Crippen LogP contribution in [0.15, 0.2) is 36.5 Å². The van der Waals surface area contributed by atoms with E-state index in [0.29, 0.717) is 0 Å². The molecule has 142 valence electrons. The van der Waals surface area contributed by atoms with Crippen LogP contribution in [0, 0.1) is 12.8 Å². The van der Waals surface area contributed by atoms with Crippen molar-refractivity contribution >= 4 is 10.9 Å². The molecule has 1 N–H and O–H groups in total. The quantitative estimate of drug-likeness (QED) is 0.710. The fourth-order valence-corrected chi connectivity index (χ4v) is 4.51. The minimum absolute atomic E-state index is 0.112. The highest BCUT2D eigenvalue weighted by Gasteiger charge is 2.21. The highest BCUT2D eigenvalue weighted by Crippen LogP contribution is 2.33. The van der Waals surface area contributed by atoms with Crippen LogP contribution in [0.2, 0.25) is 0 Å². The summed E-state index contributed by atoms with van der Waals surface area (Å²) in [5.74, 6) is 0.724. The summed E-state index contributed by atoms with van der Waals surface area (Å²) in [5.41, 5.74) is 7.75. The molecule has 0 fully saturated rings. The van der Waals surface area contributed by atoms with Crippen LogP contribution in [-0.4, -0.2) is 14.7 Å². The molecule has 3 nitrogen and oxygen atoms in total. The number of fused-ring (bicyclic) bond motifs is 3. The van der Waals surface area contributed by atoms with Crippen LogP contribution in [-0.2, 0) is 32.4 Å². The van der Waals surface area contributed by atoms with E-state index in [1.54, 1.807) is 0 Å². The first-order valence-corrected chi connectivity index (χ1v) is 10.3. The highest BCUT2D eigenvalue weighted by atomic mass is 16.3. The Balaban J connectivity index is 1.75. The number of hydrogen-bond acceptors (Lipinski definition) is 2. The normalized spacial score (nSPS) is 17.5. The van der Waals surface area contributed by atoms with Gasteiger partial charge in [0.25, 0.3) is 0 Å². The van der Waals surface area contributed by atoms with Crippen molar-refractivity contribution in [2.75, 3.05) is 0 Å². The average molecular weight is 363 g/mol. The number of hydrogen-bond donors (Lipinski definition) is 1. The van der Waals surface area contributed by atoms with Gasteiger partial charge in [-0.05, 0) is 73.4 Å². The van der Waals surface area contributed by atoms with E-state index in [1.807, 2.05) is 13.1 Å². The Morgan fingerprint density at radius 3 is 2.78 bits per heavy atom. The zero-order chi connectivity index (χ0) is 18.8. The topological polar surface area (TPSA) is 38.0 Å². The monoisotopic (exact) mass is 362 g/mol. The molecule has 2 aromatic heterocycles. The molecule has 0 radical (unpaired) electrons. The largest absolute Gasteiger partial charge is 0.392 e. The van der Waals surface area contributed by atoms with E-state index in [4.69, 9.17) is 0 Å². The second kappa shape index (κ2) is 7.85. The van der Waals surface area contributed by atoms with Crippen LogP contribution in [0.1, 0.15) is 54.3 Å². The number of pyridine rings is 1. The Kier molecular flexibility index (Phi) is 5.31. The van der Waals surface area contributed by atoms with Gasteiger partial charge in [0, 0.05) is 35.0 Å². The summed E-state index contributed by atoms with van der Waals surface area (Å²) in [5, 5.41) is 11.0. The van der Waals surface area contributed by atoms with Crippen molar-refractivity contribution in [3.63, 3.8) is 0 Å². The summed E-state index contributed by atoms with van der Waals surface area (Å²) < 4.78 is 2.55. The Morgan fingerprint density at radius 1 is 1.15 bits per heavy atom. The maximum atomic E-state index is 9.62. The number of aryl methyl sites for hydroxylation is 3. The van der Waals surface area contributed by atoms with Crippen molar-refractivity contribution in [1.82, 2.24) is 9.55 Å². The molecule has 3 aromatic rings. The Labute approximate surface area is 162 Å². The number of aliphatic hydroxyl groups excluding tert-OH is 1. The van der Waals surface area contributed by atoms with Gasteiger partial charge < -0.3 is 9.67 Å². The summed E-state index contributed by atoms with van der Waals surface area (Å²) in [4.78, 5) is 4.45. The maximum Gasteiger partial charge on any atom is 0.0682 e. The van der Waals surface area contributed by atoms with Gasteiger partial charge in [-0.3, -0.25) is 4.98 Å². The summed E-state index contributed by atoms with van der Waals surface area (Å²) in [7, 11) is 0. The minimum atomic E-state index is 0.112. The molecule has 1 aliphatic rings. The molecule has 4 rings (SSSR count). The zero-order valence-corrected chi connectivity index (χ0v) is 16.5. The van der Waals surface area contributed by atoms with Crippen LogP contribution in [0.3, 0.4) is 0 Å². The first-order valence-electron chi connectivity index (χ1n) is 10.3. The van der Waals surface area contributed by atoms with Gasteiger partial charge in [-0.2, -0.15) is 0 Å². The lowest BCUT2D eigenvalue weighted by Crippen LogP contribution is -2.11. The number of rotatable bonds is 4. The van der Waals surface area contributed by atoms with Crippen molar-refractivity contribution in [3.8, 4) is 0 Å². The van der Waals surface area contributed by atoms with Crippen LogP contribution in [0.4, 0.5) is 0 Å². The van der Waals surface area contributed by atoms with E-state index in [9.17, 15) is 5.11 Å². The van der Waals surface area contributed by atoms with Gasteiger partial charge in [-0.1, -0.05) is 31.9 Å². The standard InChI is InChI=1S/C24H30N2O/c1-17-5-3-4-6-23-21(13-17)22-14-20(16-27)9-10-24(22)26(23)12-11-19-8-7-18(2)25-15-19/h7-10,14-15,17,27H,3-6,11-13,16H2,1-2H3. The summed E-state index contributed by atoms with van der Waals surface area (Å²) in [6, 6.07) is 10.8. The molecular formula is C24H30N2O. The van der Waals surface area contributed by atoms with E-state index in [-0.39, 0.29) is 6.61 Å². The first kappa shape index (κ1) is 18.2. The molecular weight excluding hydrogens is 332 g/mol. The second-order valence-corrected chi connectivity index (χ2v) is 8.20. The molecule has 1 atom stereocenters. The molecule has 0 aliphatic heterocycles. The number of aliphatic hydroxyl groups is 1. The van der Waals surface area contributed by atoms with E-state index in [1.165, 1.54) is 47.0 Å². The fourth-order valence-electron chi connectivity index (χ4n) is 4.51. The second-order valence-electron chi connectivity index (χ2n) is 8.20. The van der Waals surface area contributed by atoms with Gasteiger partial charge in [0.2, 0.25) is 0 Å². The molecule has 1 aromatic carbocycles. The van der Waals surface area contributed by atoms with Crippen molar-refractivity contribution in [1.29, 1.82) is 0 Å². The lowest BCUT2D eigenvalue weighted by Gasteiger charge is -2.18. The van der Waals surface area contributed by atoms with Crippen molar-refractivity contribution in [2.24, 2.45) is 5.92 Å². The number of benzene rings is 1. The van der Waals surface area contributed by atoms with Crippen LogP contribution in [0.5, 0.6) is 0 Å². The summed E-state index contributed by atoms with van der Waals surface area (Å²) >= 11 is 0. The van der Waals surface area contributed by atoms with Crippen molar-refractivity contribution < 1.29 is 5.11 Å². The highest BCUT2D eigenvalue weighted by molar-refractivity contribution is 5.86. The predicted octanol–water partition coefficient (Wildman–Crippen LogP) is 4.98. The molecule has 0 saturated heterocycles. The van der Waals surface area contributed by atoms with E-state index >= 15 is 0 Å². The van der Waals surface area contributed by atoms with E-state index in [2.05, 4.69) is 46.8 Å². The molecule has 2 heterocycles. The third-order valence-corrected chi connectivity index (χ3v) is 6.04. The number of aromatic nitrogens is 2. The molecule has 0 spiro atoms. The van der Waals surface area contributed by atoms with Gasteiger partial charge in [-0.25, -0.2) is 0 Å². The fraction of sp³-hybridized carbons (Fsp3) is 0.458. The molecule has 0 amide bonds. The molecule has 1 unspecified atom stereocenters. The van der Waals surface area contributed by atoms with E-state index < -0.39 is 0 Å². The Hall–Kier alpha value is -2.13. The molecule has 27 heavy (non-hydrogen) atoms. The molecule has 0 bridgehead atoms. The van der Waals surface area contributed by atoms with Gasteiger partial charge in [-0.15, -0.1) is 0 Å². The third-order valence-electron chi connectivity index (χ3n) is 6.04. The number of nitrogens with zero attached hydrogens (tertiary/aromatic N) is 2. The lowest BCUT2D eigenvalue weighted by atomic mass is 9.89. The molecule has 0 saturated carbocycles. The third kappa shape index (κ3) is 3.79. The van der Waals surface area contributed by atoms with Crippen LogP contribution < -0.4 is 0 Å². The Morgan fingerprint density at radius 2 is 2.00 bits per heavy atom. The summed E-state index contributed by atoms with van der Waals surface area (Å²) in [6.07, 6.45) is 9.24. The maximum absolute atomic E-state index is 9.62. The van der Waals surface area contributed by atoms with Gasteiger partial charge >= 0.3 is 0 Å². The van der Waals surface area contributed by atoms with E-state index in [0.717, 1.165) is 43.0 Å². The van der Waals surface area contributed by atoms with Gasteiger partial charge in [0.15, 0.2) is 0 Å². The average Bonchev–Trinajstić information content (AvgIpc) is 2.94. The predicted molar refractivity (Wildman–Crippen MR) is 111 cm³/mol.